The van der Waals surface area contributed by atoms with Crippen LogP contribution in [0.2, 0.25) is 0 Å². The molecule has 0 bridgehead atoms. The van der Waals surface area contributed by atoms with Crippen LogP contribution in [0.3, 0.4) is 0 Å². The van der Waals surface area contributed by atoms with E-state index in [9.17, 15) is 14.7 Å². The van der Waals surface area contributed by atoms with Crippen molar-refractivity contribution >= 4 is 11.9 Å². The number of allylic oxidation sites excluding steroid dienone is 10. The van der Waals surface area contributed by atoms with Crippen LogP contribution in [0.5, 0.6) is 0 Å². The summed E-state index contributed by atoms with van der Waals surface area (Å²) >= 11 is 0. The van der Waals surface area contributed by atoms with Gasteiger partial charge in [0.2, 0.25) is 0 Å². The van der Waals surface area contributed by atoms with Crippen LogP contribution in [0.15, 0.2) is 60.8 Å². The quantitative estimate of drug-likeness (QED) is 0.0478. The van der Waals surface area contributed by atoms with Crippen LogP contribution in [-0.4, -0.2) is 36.4 Å². The minimum atomic E-state index is -0.787. The van der Waals surface area contributed by atoms with Gasteiger partial charge in [-0.25, -0.2) is 0 Å². The van der Waals surface area contributed by atoms with E-state index in [-0.39, 0.29) is 25.2 Å². The Labute approximate surface area is 271 Å². The number of esters is 2. The fourth-order valence-electron chi connectivity index (χ4n) is 4.64. The predicted molar refractivity (Wildman–Crippen MR) is 187 cm³/mol. The van der Waals surface area contributed by atoms with Crippen molar-refractivity contribution in [1.29, 1.82) is 0 Å². The number of hydrogen-bond donors (Lipinski definition) is 1. The van der Waals surface area contributed by atoms with Gasteiger partial charge in [-0.3, -0.25) is 9.59 Å². The van der Waals surface area contributed by atoms with E-state index in [4.69, 9.17) is 9.47 Å². The predicted octanol–water partition coefficient (Wildman–Crippen LogP) is 10.8. The minimum Gasteiger partial charge on any atom is -0.462 e. The lowest BCUT2D eigenvalue weighted by molar-refractivity contribution is -0.161. The van der Waals surface area contributed by atoms with Gasteiger partial charge in [0.1, 0.15) is 6.61 Å². The van der Waals surface area contributed by atoms with Crippen molar-refractivity contribution in [2.24, 2.45) is 0 Å². The Hall–Kier alpha value is -2.40. The summed E-state index contributed by atoms with van der Waals surface area (Å²) in [6, 6.07) is 0. The zero-order chi connectivity index (χ0) is 32.2. The molecule has 0 saturated heterocycles. The standard InChI is InChI=1S/C39H66O5/c1-3-5-7-9-11-13-15-16-17-18-19-20-21-22-24-26-28-30-32-34-39(42)44-37(35-40)36-43-38(41)33-31-29-27-25-23-14-12-10-8-6-4-2/h5,7,11,13,16-17,19-20,22,24,37,40H,3-4,6,8-10,12,14-15,18,21,23,25-36H2,1-2H3/b7-5-,13-11-,17-16-,20-19-,24-22-. The van der Waals surface area contributed by atoms with E-state index in [0.717, 1.165) is 77.0 Å². The van der Waals surface area contributed by atoms with Crippen LogP contribution in [0.4, 0.5) is 0 Å². The van der Waals surface area contributed by atoms with Crippen molar-refractivity contribution in [3.8, 4) is 0 Å². The third-order valence-corrected chi connectivity index (χ3v) is 7.33. The Balaban J connectivity index is 3.68. The summed E-state index contributed by atoms with van der Waals surface area (Å²) in [4.78, 5) is 24.1. The highest BCUT2D eigenvalue weighted by atomic mass is 16.6. The Kier molecular flexibility index (Phi) is 33.2. The third kappa shape index (κ3) is 32.5. The van der Waals surface area contributed by atoms with Gasteiger partial charge < -0.3 is 14.6 Å². The number of rotatable bonds is 31. The molecule has 0 fully saturated rings. The summed E-state index contributed by atoms with van der Waals surface area (Å²) < 4.78 is 10.5. The van der Waals surface area contributed by atoms with Gasteiger partial charge in [0.25, 0.3) is 0 Å². The van der Waals surface area contributed by atoms with E-state index >= 15 is 0 Å². The summed E-state index contributed by atoms with van der Waals surface area (Å²) in [6.45, 7) is 3.97. The van der Waals surface area contributed by atoms with Crippen LogP contribution in [0, 0.1) is 0 Å². The first-order chi connectivity index (χ1) is 21.6. The van der Waals surface area contributed by atoms with Crippen LogP contribution in [-0.2, 0) is 19.1 Å². The molecule has 0 aliphatic rings. The zero-order valence-electron chi connectivity index (χ0n) is 28.4. The van der Waals surface area contributed by atoms with E-state index < -0.39 is 6.10 Å². The molecular formula is C39H66O5. The third-order valence-electron chi connectivity index (χ3n) is 7.33. The largest absolute Gasteiger partial charge is 0.462 e. The molecule has 0 aromatic heterocycles. The second-order valence-corrected chi connectivity index (χ2v) is 11.6. The van der Waals surface area contributed by atoms with Gasteiger partial charge >= 0.3 is 11.9 Å². The van der Waals surface area contributed by atoms with Crippen molar-refractivity contribution in [3.05, 3.63) is 60.8 Å². The van der Waals surface area contributed by atoms with Crippen LogP contribution < -0.4 is 0 Å². The van der Waals surface area contributed by atoms with Gasteiger partial charge in [0, 0.05) is 12.8 Å². The molecule has 44 heavy (non-hydrogen) atoms. The molecule has 1 N–H and O–H groups in total. The normalized spacial score (nSPS) is 12.9. The van der Waals surface area contributed by atoms with E-state index in [1.165, 1.54) is 51.4 Å². The Morgan fingerprint density at radius 1 is 0.545 bits per heavy atom. The lowest BCUT2D eigenvalue weighted by atomic mass is 10.1. The maximum absolute atomic E-state index is 12.1. The van der Waals surface area contributed by atoms with E-state index in [1.807, 2.05) is 0 Å². The Morgan fingerprint density at radius 2 is 0.977 bits per heavy atom. The van der Waals surface area contributed by atoms with E-state index in [1.54, 1.807) is 0 Å². The van der Waals surface area contributed by atoms with Gasteiger partial charge in [-0.1, -0.05) is 145 Å². The van der Waals surface area contributed by atoms with Crippen molar-refractivity contribution in [3.63, 3.8) is 0 Å². The van der Waals surface area contributed by atoms with Gasteiger partial charge in [-0.15, -0.1) is 0 Å². The Bertz CT molecular complexity index is 792. The summed E-state index contributed by atoms with van der Waals surface area (Å²) in [5.41, 5.74) is 0. The molecule has 0 radical (unpaired) electrons. The molecule has 252 valence electrons. The average Bonchev–Trinajstić information content (AvgIpc) is 3.02. The number of aliphatic hydroxyl groups excluding tert-OH is 1. The topological polar surface area (TPSA) is 72.8 Å². The molecule has 0 amide bonds. The second-order valence-electron chi connectivity index (χ2n) is 11.6. The van der Waals surface area contributed by atoms with Crippen LogP contribution >= 0.6 is 0 Å². The number of ether oxygens (including phenoxy) is 2. The van der Waals surface area contributed by atoms with Crippen molar-refractivity contribution < 1.29 is 24.2 Å². The lowest BCUT2D eigenvalue weighted by Gasteiger charge is -2.15. The number of aliphatic hydroxyl groups is 1. The molecule has 1 unspecified atom stereocenters. The van der Waals surface area contributed by atoms with Crippen LogP contribution in [0.1, 0.15) is 155 Å². The lowest BCUT2D eigenvalue weighted by Crippen LogP contribution is -2.28. The summed E-state index contributed by atoms with van der Waals surface area (Å²) in [5, 5.41) is 9.51. The Morgan fingerprint density at radius 3 is 1.48 bits per heavy atom. The van der Waals surface area contributed by atoms with E-state index in [0.29, 0.717) is 12.8 Å². The number of carbonyl (C=O) groups excluding carboxylic acids is 2. The molecule has 0 spiro atoms. The molecule has 5 heteroatoms. The highest BCUT2D eigenvalue weighted by Gasteiger charge is 2.16. The molecule has 0 heterocycles. The first-order valence-electron chi connectivity index (χ1n) is 17.8. The molecule has 0 rings (SSSR count). The molecule has 0 aromatic rings. The zero-order valence-corrected chi connectivity index (χ0v) is 28.4. The maximum Gasteiger partial charge on any atom is 0.306 e. The average molecular weight is 615 g/mol. The number of carbonyl (C=O) groups is 2. The van der Waals surface area contributed by atoms with Gasteiger partial charge in [0.05, 0.1) is 6.61 Å². The molecule has 0 aliphatic heterocycles. The van der Waals surface area contributed by atoms with Gasteiger partial charge in [-0.2, -0.15) is 0 Å². The molecule has 0 aromatic carbocycles. The van der Waals surface area contributed by atoms with E-state index in [2.05, 4.69) is 74.6 Å². The highest BCUT2D eigenvalue weighted by molar-refractivity contribution is 5.70. The maximum atomic E-state index is 12.1. The molecular weight excluding hydrogens is 548 g/mol. The fourth-order valence-corrected chi connectivity index (χ4v) is 4.64. The summed E-state index contributed by atoms with van der Waals surface area (Å²) in [5.74, 6) is -0.634. The molecule has 1 atom stereocenters. The van der Waals surface area contributed by atoms with Crippen molar-refractivity contribution in [1.82, 2.24) is 0 Å². The first kappa shape index (κ1) is 41.6. The minimum absolute atomic E-state index is 0.0802. The fraction of sp³-hybridized carbons (Fsp3) is 0.692. The number of hydrogen-bond acceptors (Lipinski definition) is 5. The second kappa shape index (κ2) is 35.1. The summed E-state index contributed by atoms with van der Waals surface area (Å²) in [7, 11) is 0. The van der Waals surface area contributed by atoms with Gasteiger partial charge in [-0.05, 0) is 57.8 Å². The van der Waals surface area contributed by atoms with Gasteiger partial charge in [0.15, 0.2) is 6.10 Å². The first-order valence-corrected chi connectivity index (χ1v) is 17.8. The SMILES string of the molecule is CC/C=C\C/C=C\C/C=C\C/C=C\C/C=C\CCCCCC(=O)OC(CO)COC(=O)CCCCCCCCCCCCC. The van der Waals surface area contributed by atoms with Crippen molar-refractivity contribution in [2.75, 3.05) is 13.2 Å². The monoisotopic (exact) mass is 614 g/mol. The summed E-state index contributed by atoms with van der Waals surface area (Å²) in [6.07, 6.45) is 44.2. The highest BCUT2D eigenvalue weighted by Crippen LogP contribution is 2.12. The van der Waals surface area contributed by atoms with Crippen molar-refractivity contribution in [2.45, 2.75) is 161 Å². The molecule has 0 saturated carbocycles. The molecule has 5 nitrogen and oxygen atoms in total. The molecule has 0 aliphatic carbocycles. The van der Waals surface area contributed by atoms with Crippen LogP contribution in [0.25, 0.3) is 0 Å². The smallest absolute Gasteiger partial charge is 0.306 e. The number of unbranched alkanes of at least 4 members (excludes halogenated alkanes) is 13.